The molecule has 0 radical (unpaired) electrons. The van der Waals surface area contributed by atoms with E-state index in [0.29, 0.717) is 17.1 Å². The van der Waals surface area contributed by atoms with Crippen LogP contribution < -0.4 is 26.0 Å². The molecule has 0 bridgehead atoms. The van der Waals surface area contributed by atoms with Crippen LogP contribution in [0.5, 0.6) is 11.5 Å². The van der Waals surface area contributed by atoms with Gasteiger partial charge in [-0.1, -0.05) is 0 Å². The van der Waals surface area contributed by atoms with Gasteiger partial charge < -0.3 is 31.1 Å². The van der Waals surface area contributed by atoms with Gasteiger partial charge in [0, 0.05) is 30.4 Å². The van der Waals surface area contributed by atoms with Gasteiger partial charge in [0.15, 0.2) is 12.4 Å². The van der Waals surface area contributed by atoms with Crippen molar-refractivity contribution in [2.75, 3.05) is 29.1 Å². The normalized spacial score (nSPS) is 19.4. The lowest BCUT2D eigenvalue weighted by Gasteiger charge is -2.24. The minimum Gasteiger partial charge on any atom is -0.507 e. The highest BCUT2D eigenvalue weighted by atomic mass is 16.5. The Bertz CT molecular complexity index is 1200. The second kappa shape index (κ2) is 8.97. The molecule has 3 amide bonds. The van der Waals surface area contributed by atoms with Gasteiger partial charge in [0.25, 0.3) is 11.8 Å². The molecule has 2 aromatic carbocycles. The maximum Gasteiger partial charge on any atom is 0.262 e. The molecule has 1 fully saturated rings. The lowest BCUT2D eigenvalue weighted by Crippen LogP contribution is -2.50. The van der Waals surface area contributed by atoms with Crippen LogP contribution in [0.25, 0.3) is 0 Å². The molecule has 1 saturated heterocycles. The molecule has 2 heterocycles. The Balaban J connectivity index is 1.44. The molecule has 11 nitrogen and oxygen atoms in total. The monoisotopic (exact) mass is 449 g/mol. The van der Waals surface area contributed by atoms with E-state index in [1.54, 1.807) is 12.1 Å². The number of hydrogen-bond acceptors (Lipinski definition) is 8. The van der Waals surface area contributed by atoms with Gasteiger partial charge in [-0.2, -0.15) is 5.26 Å². The number of ketones is 1. The zero-order chi connectivity index (χ0) is 23.5. The number of phenolic OH excluding ortho intramolecular Hbond substituents is 1. The van der Waals surface area contributed by atoms with Gasteiger partial charge in [0.2, 0.25) is 5.91 Å². The van der Waals surface area contributed by atoms with Gasteiger partial charge >= 0.3 is 0 Å². The van der Waals surface area contributed by atoms with E-state index in [1.165, 1.54) is 24.3 Å². The number of fused-ring (bicyclic) bond motifs is 1. The third-order valence-corrected chi connectivity index (χ3v) is 5.22. The number of hydrogen-bond donors (Lipinski definition) is 5. The Hall–Kier alpha value is -4.43. The summed E-state index contributed by atoms with van der Waals surface area (Å²) in [4.78, 5) is 48.5. The lowest BCUT2D eigenvalue weighted by molar-refractivity contribution is -0.128. The molecule has 33 heavy (non-hydrogen) atoms. The minimum atomic E-state index is -0.802. The quantitative estimate of drug-likeness (QED) is 0.430. The molecule has 2 aliphatic heterocycles. The topological polar surface area (TPSA) is 170 Å². The summed E-state index contributed by atoms with van der Waals surface area (Å²) in [6.07, 6.45) is -0.115. The summed E-state index contributed by atoms with van der Waals surface area (Å²) in [5.41, 5.74) is 1.02. The maximum atomic E-state index is 12.7. The number of Topliss-reactive ketones (excluding diaryl/α,β-unsaturated/α-hetero) is 1. The van der Waals surface area contributed by atoms with Crippen LogP contribution in [0, 0.1) is 17.2 Å². The first-order chi connectivity index (χ1) is 15.8. The smallest absolute Gasteiger partial charge is 0.262 e. The number of amides is 3. The van der Waals surface area contributed by atoms with Crippen molar-refractivity contribution in [2.45, 2.75) is 12.5 Å². The predicted molar refractivity (Wildman–Crippen MR) is 116 cm³/mol. The van der Waals surface area contributed by atoms with Crippen LogP contribution in [0.15, 0.2) is 36.4 Å². The number of carbonyl (C=O) groups is 4. The second-order valence-corrected chi connectivity index (χ2v) is 7.54. The standard InChI is InChI=1S/C22H19N5O6/c23-8-11-9-24-16(7-18(11)29)22(32)26-12-2-4-17(28)14(5-12)21(31)25-13-1-3-15-19(6-13)33-10-20(30)27-15/h1-6,11,16,24,28H,7,9-10H2,(H,25,31)(H,26,32)(H,27,30). The highest BCUT2D eigenvalue weighted by Crippen LogP contribution is 2.31. The Morgan fingerprint density at radius 1 is 1.12 bits per heavy atom. The number of aromatic hydroxyl groups is 1. The van der Waals surface area contributed by atoms with E-state index in [0.717, 1.165) is 0 Å². The van der Waals surface area contributed by atoms with Crippen LogP contribution in [-0.2, 0) is 14.4 Å². The van der Waals surface area contributed by atoms with Gasteiger partial charge in [-0.3, -0.25) is 19.2 Å². The Labute approximate surface area is 187 Å². The highest BCUT2D eigenvalue weighted by Gasteiger charge is 2.32. The van der Waals surface area contributed by atoms with Crippen LogP contribution >= 0.6 is 0 Å². The molecular formula is C22H19N5O6. The molecule has 2 unspecified atom stereocenters. The fraction of sp³-hybridized carbons (Fsp3) is 0.227. The summed E-state index contributed by atoms with van der Waals surface area (Å²) in [6, 6.07) is 9.75. The number of piperidine rings is 1. The largest absolute Gasteiger partial charge is 0.507 e. The van der Waals surface area contributed by atoms with Crippen molar-refractivity contribution in [3.8, 4) is 17.6 Å². The maximum absolute atomic E-state index is 12.7. The summed E-state index contributed by atoms with van der Waals surface area (Å²) < 4.78 is 5.32. The number of carbonyl (C=O) groups excluding carboxylic acids is 4. The van der Waals surface area contributed by atoms with Crippen molar-refractivity contribution in [1.29, 1.82) is 5.26 Å². The average Bonchev–Trinajstić information content (AvgIpc) is 2.80. The molecule has 0 spiro atoms. The fourth-order valence-electron chi connectivity index (χ4n) is 3.47. The summed E-state index contributed by atoms with van der Waals surface area (Å²) in [5.74, 6) is -2.39. The van der Waals surface area contributed by atoms with E-state index in [-0.39, 0.29) is 48.3 Å². The molecule has 4 rings (SSSR count). The van der Waals surface area contributed by atoms with Crippen molar-refractivity contribution < 1.29 is 29.0 Å². The second-order valence-electron chi connectivity index (χ2n) is 7.54. The van der Waals surface area contributed by atoms with Gasteiger partial charge in [-0.05, 0) is 30.3 Å². The minimum absolute atomic E-state index is 0.0861. The number of phenols is 1. The van der Waals surface area contributed by atoms with Gasteiger partial charge in [0.05, 0.1) is 23.4 Å². The molecule has 2 aliphatic rings. The Morgan fingerprint density at radius 3 is 2.64 bits per heavy atom. The Kier molecular flexibility index (Phi) is 5.93. The number of nitrogens with one attached hydrogen (secondary N) is 4. The number of nitriles is 1. The van der Waals surface area contributed by atoms with Crippen LogP contribution in [0.2, 0.25) is 0 Å². The SMILES string of the molecule is N#CC1CNC(C(=O)Nc2ccc(O)c(C(=O)Nc3ccc4c(c3)OCC(=O)N4)c2)CC1=O. The zero-order valence-electron chi connectivity index (χ0n) is 17.2. The molecule has 5 N–H and O–H groups in total. The zero-order valence-corrected chi connectivity index (χ0v) is 17.2. The summed E-state index contributed by atoms with van der Waals surface area (Å²) in [7, 11) is 0. The third-order valence-electron chi connectivity index (χ3n) is 5.22. The first-order valence-electron chi connectivity index (χ1n) is 10.0. The average molecular weight is 449 g/mol. The fourth-order valence-corrected chi connectivity index (χ4v) is 3.47. The van der Waals surface area contributed by atoms with E-state index in [4.69, 9.17) is 10.00 Å². The molecule has 2 aromatic rings. The summed E-state index contributed by atoms with van der Waals surface area (Å²) in [5, 5.41) is 29.8. The first-order valence-corrected chi connectivity index (χ1v) is 10.0. The van der Waals surface area contributed by atoms with Gasteiger partial charge in [-0.15, -0.1) is 0 Å². The number of rotatable bonds is 4. The molecule has 2 atom stereocenters. The number of benzene rings is 2. The number of ether oxygens (including phenoxy) is 1. The van der Waals surface area contributed by atoms with Crippen molar-refractivity contribution in [1.82, 2.24) is 5.32 Å². The van der Waals surface area contributed by atoms with Crippen LogP contribution in [0.4, 0.5) is 17.1 Å². The van der Waals surface area contributed by atoms with Crippen molar-refractivity contribution in [3.63, 3.8) is 0 Å². The van der Waals surface area contributed by atoms with E-state index in [9.17, 15) is 24.3 Å². The van der Waals surface area contributed by atoms with Crippen LogP contribution in [0.3, 0.4) is 0 Å². The van der Waals surface area contributed by atoms with Gasteiger partial charge in [-0.25, -0.2) is 0 Å². The molecule has 11 heteroatoms. The molecule has 0 saturated carbocycles. The third kappa shape index (κ3) is 4.76. The molecule has 0 aromatic heterocycles. The lowest BCUT2D eigenvalue weighted by atomic mass is 9.94. The van der Waals surface area contributed by atoms with E-state index in [1.807, 2.05) is 6.07 Å². The summed E-state index contributed by atoms with van der Waals surface area (Å²) >= 11 is 0. The van der Waals surface area contributed by atoms with Crippen molar-refractivity contribution in [2.24, 2.45) is 5.92 Å². The number of anilines is 3. The molecule has 0 aliphatic carbocycles. The van der Waals surface area contributed by atoms with Crippen LogP contribution in [-0.4, -0.2) is 47.8 Å². The number of nitrogens with zero attached hydrogens (tertiary/aromatic N) is 1. The first kappa shape index (κ1) is 21.8. The molecule has 168 valence electrons. The van der Waals surface area contributed by atoms with Gasteiger partial charge in [0.1, 0.15) is 17.4 Å². The van der Waals surface area contributed by atoms with E-state index in [2.05, 4.69) is 21.3 Å². The summed E-state index contributed by atoms with van der Waals surface area (Å²) in [6.45, 7) is -0.0453. The highest BCUT2D eigenvalue weighted by molar-refractivity contribution is 6.08. The van der Waals surface area contributed by atoms with Crippen molar-refractivity contribution in [3.05, 3.63) is 42.0 Å². The van der Waals surface area contributed by atoms with E-state index < -0.39 is 23.8 Å². The van der Waals surface area contributed by atoms with E-state index >= 15 is 0 Å². The predicted octanol–water partition coefficient (Wildman–Crippen LogP) is 0.985. The molecular weight excluding hydrogens is 430 g/mol. The Morgan fingerprint density at radius 2 is 1.88 bits per heavy atom. The van der Waals surface area contributed by atoms with Crippen LogP contribution in [0.1, 0.15) is 16.8 Å². The van der Waals surface area contributed by atoms with Crippen molar-refractivity contribution >= 4 is 40.6 Å².